The molecule has 1 aliphatic rings. The van der Waals surface area contributed by atoms with Crippen molar-refractivity contribution >= 4 is 12.0 Å². The summed E-state index contributed by atoms with van der Waals surface area (Å²) >= 11 is 0. The lowest BCUT2D eigenvalue weighted by Crippen LogP contribution is -2.60. The largest absolute Gasteiger partial charge is 0.465 e. The Kier molecular flexibility index (Phi) is 7.38. The van der Waals surface area contributed by atoms with Gasteiger partial charge in [0.15, 0.2) is 5.69 Å². The predicted molar refractivity (Wildman–Crippen MR) is 106 cm³/mol. The monoisotopic (exact) mass is 446 g/mol. The summed E-state index contributed by atoms with van der Waals surface area (Å²) in [6, 6.07) is -0.435. The summed E-state index contributed by atoms with van der Waals surface area (Å²) in [6.07, 6.45) is -4.46. The van der Waals surface area contributed by atoms with E-state index in [4.69, 9.17) is 4.74 Å². The quantitative estimate of drug-likeness (QED) is 0.742. The van der Waals surface area contributed by atoms with Crippen molar-refractivity contribution in [1.29, 1.82) is 0 Å². The Bertz CT molecular complexity index is 787. The van der Waals surface area contributed by atoms with Gasteiger partial charge in [0, 0.05) is 37.7 Å². The van der Waals surface area contributed by atoms with Gasteiger partial charge in [0.1, 0.15) is 12.1 Å². The molecular weight excluding hydrogens is 417 g/mol. The van der Waals surface area contributed by atoms with Crippen LogP contribution in [0.5, 0.6) is 6.01 Å². The van der Waals surface area contributed by atoms with Crippen molar-refractivity contribution in [3.8, 4) is 6.01 Å². The fourth-order valence-corrected chi connectivity index (χ4v) is 3.60. The standard InChI is InChI=1S/C20H29F3N4O4/c1-12(2)15(27(18(29)30)19(3,4)5)16(28)26-10-7-13(8-11-26)31-17-24-9-6-14(25-17)20(21,22)23/h6,9,12-13,15H,7-8,10-11H2,1-5H3,(H,29,30)/t15-/m0/s1. The molecule has 1 aliphatic heterocycles. The van der Waals surface area contributed by atoms with Crippen LogP contribution in [0.15, 0.2) is 12.3 Å². The first-order chi connectivity index (χ1) is 14.2. The lowest BCUT2D eigenvalue weighted by molar-refractivity contribution is -0.143. The number of hydrogen-bond donors (Lipinski definition) is 1. The first-order valence-corrected chi connectivity index (χ1v) is 10.1. The summed E-state index contributed by atoms with van der Waals surface area (Å²) in [4.78, 5) is 35.0. The van der Waals surface area contributed by atoms with E-state index in [1.54, 1.807) is 39.5 Å². The van der Waals surface area contributed by atoms with E-state index in [9.17, 15) is 27.9 Å². The Balaban J connectivity index is 2.06. The van der Waals surface area contributed by atoms with Gasteiger partial charge in [0.25, 0.3) is 0 Å². The van der Waals surface area contributed by atoms with Crippen LogP contribution in [-0.2, 0) is 11.0 Å². The van der Waals surface area contributed by atoms with E-state index < -0.39 is 35.6 Å². The molecule has 174 valence electrons. The molecule has 0 aromatic carbocycles. The number of hydrogen-bond acceptors (Lipinski definition) is 5. The molecule has 31 heavy (non-hydrogen) atoms. The van der Waals surface area contributed by atoms with Crippen LogP contribution < -0.4 is 4.74 Å². The van der Waals surface area contributed by atoms with Crippen LogP contribution in [0.2, 0.25) is 0 Å². The van der Waals surface area contributed by atoms with Gasteiger partial charge in [-0.05, 0) is 32.8 Å². The van der Waals surface area contributed by atoms with Gasteiger partial charge in [0.05, 0.1) is 0 Å². The summed E-state index contributed by atoms with van der Waals surface area (Å²) in [6.45, 7) is 9.39. The van der Waals surface area contributed by atoms with Crippen molar-refractivity contribution in [2.75, 3.05) is 13.1 Å². The number of rotatable bonds is 5. The molecule has 0 spiro atoms. The number of piperidine rings is 1. The Morgan fingerprint density at radius 3 is 2.26 bits per heavy atom. The molecule has 11 heteroatoms. The average Bonchev–Trinajstić information content (AvgIpc) is 2.64. The van der Waals surface area contributed by atoms with Crippen molar-refractivity contribution in [1.82, 2.24) is 19.8 Å². The van der Waals surface area contributed by atoms with Crippen LogP contribution in [0.4, 0.5) is 18.0 Å². The molecule has 0 radical (unpaired) electrons. The smallest absolute Gasteiger partial charge is 0.433 e. The highest BCUT2D eigenvalue weighted by Crippen LogP contribution is 2.29. The van der Waals surface area contributed by atoms with Crippen LogP contribution in [-0.4, -0.2) is 67.6 Å². The molecule has 2 rings (SSSR count). The number of amides is 2. The minimum Gasteiger partial charge on any atom is -0.465 e. The van der Waals surface area contributed by atoms with Crippen molar-refractivity contribution in [2.24, 2.45) is 5.92 Å². The van der Waals surface area contributed by atoms with E-state index in [-0.39, 0.29) is 17.8 Å². The molecule has 2 amide bonds. The highest BCUT2D eigenvalue weighted by Gasteiger charge is 2.42. The lowest BCUT2D eigenvalue weighted by atomic mass is 9.94. The van der Waals surface area contributed by atoms with Crippen molar-refractivity contribution < 1.29 is 32.6 Å². The normalized spacial score (nSPS) is 16.9. The SMILES string of the molecule is CC(C)[C@@H](C(=O)N1CCC(Oc2nccc(C(F)(F)F)n2)CC1)N(C(=O)O)C(C)(C)C. The number of carboxylic acid groups (broad SMARTS) is 1. The number of nitrogens with zero attached hydrogens (tertiary/aromatic N) is 4. The van der Waals surface area contributed by atoms with Gasteiger partial charge in [-0.1, -0.05) is 13.8 Å². The maximum absolute atomic E-state index is 13.2. The van der Waals surface area contributed by atoms with E-state index in [1.165, 1.54) is 4.90 Å². The number of ether oxygens (including phenoxy) is 1. The number of likely N-dealkylation sites (tertiary alicyclic amines) is 1. The number of carbonyl (C=O) groups excluding carboxylic acids is 1. The van der Waals surface area contributed by atoms with Gasteiger partial charge in [0.2, 0.25) is 5.91 Å². The summed E-state index contributed by atoms with van der Waals surface area (Å²) in [7, 11) is 0. The molecule has 0 saturated carbocycles. The van der Waals surface area contributed by atoms with Crippen LogP contribution >= 0.6 is 0 Å². The third kappa shape index (κ3) is 6.20. The summed E-state index contributed by atoms with van der Waals surface area (Å²) in [5.74, 6) is -0.531. The Morgan fingerprint density at radius 1 is 1.23 bits per heavy atom. The molecule has 0 bridgehead atoms. The second-order valence-electron chi connectivity index (χ2n) is 8.88. The molecule has 1 fully saturated rings. The van der Waals surface area contributed by atoms with Gasteiger partial charge >= 0.3 is 18.3 Å². The molecule has 8 nitrogen and oxygen atoms in total. The molecule has 0 aliphatic carbocycles. The molecule has 1 aromatic rings. The van der Waals surface area contributed by atoms with Gasteiger partial charge in [-0.3, -0.25) is 9.69 Å². The van der Waals surface area contributed by atoms with E-state index in [0.29, 0.717) is 25.9 Å². The second-order valence-corrected chi connectivity index (χ2v) is 8.88. The molecule has 1 aromatic heterocycles. The first kappa shape index (κ1) is 24.7. The van der Waals surface area contributed by atoms with Crippen molar-refractivity contribution in [3.05, 3.63) is 18.0 Å². The third-order valence-electron chi connectivity index (χ3n) is 5.04. The van der Waals surface area contributed by atoms with Gasteiger partial charge in [-0.25, -0.2) is 9.78 Å². The highest BCUT2D eigenvalue weighted by atomic mass is 19.4. The summed E-state index contributed by atoms with van der Waals surface area (Å²) in [5, 5.41) is 9.70. The maximum Gasteiger partial charge on any atom is 0.433 e. The predicted octanol–water partition coefficient (Wildman–Crippen LogP) is 3.67. The van der Waals surface area contributed by atoms with E-state index in [1.807, 2.05) is 0 Å². The number of aromatic nitrogens is 2. The molecule has 1 saturated heterocycles. The molecule has 1 N–H and O–H groups in total. The van der Waals surface area contributed by atoms with Crippen LogP contribution in [0, 0.1) is 5.92 Å². The van der Waals surface area contributed by atoms with Crippen molar-refractivity contribution in [2.45, 2.75) is 71.3 Å². The topological polar surface area (TPSA) is 95.9 Å². The third-order valence-corrected chi connectivity index (χ3v) is 5.04. The molecule has 1 atom stereocenters. The molecule has 2 heterocycles. The van der Waals surface area contributed by atoms with Crippen molar-refractivity contribution in [3.63, 3.8) is 0 Å². The first-order valence-electron chi connectivity index (χ1n) is 10.1. The summed E-state index contributed by atoms with van der Waals surface area (Å²) in [5.41, 5.74) is -1.85. The average molecular weight is 446 g/mol. The molecule has 0 unspecified atom stereocenters. The Morgan fingerprint density at radius 2 is 1.81 bits per heavy atom. The maximum atomic E-state index is 13.2. The second kappa shape index (κ2) is 9.27. The van der Waals surface area contributed by atoms with Gasteiger partial charge in [-0.15, -0.1) is 0 Å². The minimum atomic E-state index is -4.59. The zero-order valence-corrected chi connectivity index (χ0v) is 18.3. The Hall–Kier alpha value is -2.59. The van der Waals surface area contributed by atoms with Gasteiger partial charge < -0.3 is 14.7 Å². The van der Waals surface area contributed by atoms with Crippen LogP contribution in [0.25, 0.3) is 0 Å². The minimum absolute atomic E-state index is 0.240. The zero-order valence-electron chi connectivity index (χ0n) is 18.3. The summed E-state index contributed by atoms with van der Waals surface area (Å²) < 4.78 is 43.9. The van der Waals surface area contributed by atoms with Gasteiger partial charge in [-0.2, -0.15) is 18.2 Å². The fraction of sp³-hybridized carbons (Fsp3) is 0.700. The van der Waals surface area contributed by atoms with E-state index >= 15 is 0 Å². The zero-order chi connectivity index (χ0) is 23.6. The Labute approximate surface area is 179 Å². The lowest BCUT2D eigenvalue weighted by Gasteiger charge is -2.43. The molecular formula is C20H29F3N4O4. The number of halogens is 3. The number of carbonyl (C=O) groups is 2. The fourth-order valence-electron chi connectivity index (χ4n) is 3.60. The highest BCUT2D eigenvalue weighted by molar-refractivity contribution is 5.86. The number of alkyl halides is 3. The van der Waals surface area contributed by atoms with Crippen LogP contribution in [0.1, 0.15) is 53.2 Å². The van der Waals surface area contributed by atoms with E-state index in [0.717, 1.165) is 12.3 Å². The van der Waals surface area contributed by atoms with Crippen LogP contribution in [0.3, 0.4) is 0 Å². The van der Waals surface area contributed by atoms with E-state index in [2.05, 4.69) is 9.97 Å².